The summed E-state index contributed by atoms with van der Waals surface area (Å²) in [6.45, 7) is 2.70. The van der Waals surface area contributed by atoms with E-state index in [1.165, 1.54) is 0 Å². The minimum Gasteiger partial charge on any atom is -0.331 e. The highest BCUT2D eigenvalue weighted by molar-refractivity contribution is 5.88. The highest BCUT2D eigenvalue weighted by atomic mass is 16.2. The first-order valence-corrected chi connectivity index (χ1v) is 4.84. The van der Waals surface area contributed by atoms with Crippen molar-refractivity contribution in [2.75, 3.05) is 33.9 Å². The quantitative estimate of drug-likeness (QED) is 0.548. The summed E-state index contributed by atoms with van der Waals surface area (Å²) in [5, 5.41) is 3.29. The monoisotopic (exact) mass is 183 g/mol. The second-order valence-corrected chi connectivity index (χ2v) is 4.12. The third-order valence-electron chi connectivity index (χ3n) is 3.33. The summed E-state index contributed by atoms with van der Waals surface area (Å²) >= 11 is 0. The van der Waals surface area contributed by atoms with Gasteiger partial charge < -0.3 is 10.2 Å². The van der Waals surface area contributed by atoms with E-state index in [9.17, 15) is 4.79 Å². The Morgan fingerprint density at radius 2 is 1.92 bits per heavy atom. The van der Waals surface area contributed by atoms with E-state index in [0.29, 0.717) is 5.91 Å². The number of carbonyl (C=O) groups is 1. The van der Waals surface area contributed by atoms with Gasteiger partial charge in [0, 0.05) is 7.05 Å². The Morgan fingerprint density at radius 1 is 1.31 bits per heavy atom. The summed E-state index contributed by atoms with van der Waals surface area (Å²) < 4.78 is 0. The van der Waals surface area contributed by atoms with E-state index in [-0.39, 0.29) is 5.54 Å². The fraction of sp³-hybridized carbons (Fsp3) is 0.889. The van der Waals surface area contributed by atoms with Gasteiger partial charge >= 0.3 is 0 Å². The molecule has 74 valence electrons. The van der Waals surface area contributed by atoms with Crippen LogP contribution in [-0.4, -0.2) is 55.1 Å². The van der Waals surface area contributed by atoms with Gasteiger partial charge in [0.1, 0.15) is 5.54 Å². The first-order chi connectivity index (χ1) is 6.17. The van der Waals surface area contributed by atoms with E-state index < -0.39 is 0 Å². The molecule has 4 nitrogen and oxygen atoms in total. The zero-order valence-corrected chi connectivity index (χ0v) is 8.34. The van der Waals surface area contributed by atoms with Crippen LogP contribution in [0.1, 0.15) is 12.8 Å². The van der Waals surface area contributed by atoms with Crippen LogP contribution in [0.15, 0.2) is 0 Å². The van der Waals surface area contributed by atoms with Crippen LogP contribution in [0, 0.1) is 0 Å². The number of rotatable bonds is 0. The molecule has 2 rings (SSSR count). The molecule has 2 fully saturated rings. The smallest absolute Gasteiger partial charge is 0.244 e. The lowest BCUT2D eigenvalue weighted by Crippen LogP contribution is -2.54. The van der Waals surface area contributed by atoms with E-state index >= 15 is 0 Å². The number of likely N-dealkylation sites (N-methyl/N-ethyl adjacent to an activating group) is 2. The van der Waals surface area contributed by atoms with Gasteiger partial charge in [-0.25, -0.2) is 0 Å². The first-order valence-electron chi connectivity index (χ1n) is 4.84. The van der Waals surface area contributed by atoms with Crippen molar-refractivity contribution >= 4 is 5.91 Å². The topological polar surface area (TPSA) is 35.6 Å². The van der Waals surface area contributed by atoms with Crippen LogP contribution in [-0.2, 0) is 4.79 Å². The molecule has 2 saturated heterocycles. The van der Waals surface area contributed by atoms with Crippen molar-refractivity contribution in [1.29, 1.82) is 0 Å². The molecule has 0 unspecified atom stereocenters. The molecule has 2 aliphatic heterocycles. The number of amides is 1. The fourth-order valence-corrected chi connectivity index (χ4v) is 2.47. The highest BCUT2D eigenvalue weighted by Gasteiger charge is 2.49. The van der Waals surface area contributed by atoms with Crippen LogP contribution in [0.25, 0.3) is 0 Å². The molecule has 0 saturated carbocycles. The number of piperidine rings is 1. The van der Waals surface area contributed by atoms with Gasteiger partial charge in [-0.3, -0.25) is 9.69 Å². The summed E-state index contributed by atoms with van der Waals surface area (Å²) in [4.78, 5) is 16.0. The third kappa shape index (κ3) is 1.16. The Bertz CT molecular complexity index is 223. The van der Waals surface area contributed by atoms with Crippen LogP contribution in [0.2, 0.25) is 0 Å². The van der Waals surface area contributed by atoms with Crippen LogP contribution in [0.3, 0.4) is 0 Å². The predicted molar refractivity (Wildman–Crippen MR) is 50.2 cm³/mol. The molecule has 4 heteroatoms. The molecule has 13 heavy (non-hydrogen) atoms. The van der Waals surface area contributed by atoms with Crippen molar-refractivity contribution in [1.82, 2.24) is 15.1 Å². The van der Waals surface area contributed by atoms with Gasteiger partial charge in [0.15, 0.2) is 0 Å². The van der Waals surface area contributed by atoms with Crippen molar-refractivity contribution in [3.8, 4) is 0 Å². The molecule has 0 aromatic carbocycles. The van der Waals surface area contributed by atoms with Crippen molar-refractivity contribution in [2.45, 2.75) is 18.4 Å². The van der Waals surface area contributed by atoms with Crippen LogP contribution in [0.4, 0.5) is 0 Å². The lowest BCUT2D eigenvalue weighted by Gasteiger charge is -2.36. The third-order valence-corrected chi connectivity index (χ3v) is 3.33. The first kappa shape index (κ1) is 8.97. The van der Waals surface area contributed by atoms with Crippen molar-refractivity contribution in [3.63, 3.8) is 0 Å². The van der Waals surface area contributed by atoms with Gasteiger partial charge in [-0.2, -0.15) is 0 Å². The Balaban J connectivity index is 2.23. The van der Waals surface area contributed by atoms with Crippen molar-refractivity contribution in [3.05, 3.63) is 0 Å². The maximum atomic E-state index is 11.9. The number of hydrogen-bond acceptors (Lipinski definition) is 3. The SMILES string of the molecule is CN1CN(C)C2(CCNCC2)C1=O. The maximum Gasteiger partial charge on any atom is 0.244 e. The number of nitrogens with one attached hydrogen (secondary N) is 1. The molecule has 0 bridgehead atoms. The molecule has 1 amide bonds. The van der Waals surface area contributed by atoms with Gasteiger partial charge in [0.05, 0.1) is 6.67 Å². The van der Waals surface area contributed by atoms with Crippen LogP contribution in [0.5, 0.6) is 0 Å². The summed E-state index contributed by atoms with van der Waals surface area (Å²) in [6, 6.07) is 0. The summed E-state index contributed by atoms with van der Waals surface area (Å²) in [6.07, 6.45) is 1.90. The molecule has 1 spiro atoms. The number of carbonyl (C=O) groups excluding carboxylic acids is 1. The number of nitrogens with zero attached hydrogens (tertiary/aromatic N) is 2. The average Bonchev–Trinajstić information content (AvgIpc) is 2.34. The lowest BCUT2D eigenvalue weighted by molar-refractivity contribution is -0.133. The maximum absolute atomic E-state index is 11.9. The molecular weight excluding hydrogens is 166 g/mol. The molecule has 0 radical (unpaired) electrons. The van der Waals surface area contributed by atoms with Gasteiger partial charge in [0.2, 0.25) is 5.91 Å². The zero-order chi connectivity index (χ0) is 9.47. The molecule has 0 aromatic heterocycles. The van der Waals surface area contributed by atoms with E-state index in [0.717, 1.165) is 32.6 Å². The molecule has 0 aliphatic carbocycles. The molecule has 0 aromatic rings. The van der Waals surface area contributed by atoms with Crippen molar-refractivity contribution in [2.24, 2.45) is 0 Å². The van der Waals surface area contributed by atoms with Gasteiger partial charge in [-0.15, -0.1) is 0 Å². The Labute approximate surface area is 78.9 Å². The van der Waals surface area contributed by atoms with E-state index in [1.807, 2.05) is 19.0 Å². The Morgan fingerprint density at radius 3 is 2.38 bits per heavy atom. The molecule has 1 N–H and O–H groups in total. The van der Waals surface area contributed by atoms with Crippen LogP contribution >= 0.6 is 0 Å². The molecule has 2 heterocycles. The summed E-state index contributed by atoms with van der Waals surface area (Å²) in [5.41, 5.74) is -0.181. The van der Waals surface area contributed by atoms with Crippen molar-refractivity contribution < 1.29 is 4.79 Å². The standard InChI is InChI=1S/C9H17N3O/c1-11-7-12(2)9(8(11)13)3-5-10-6-4-9/h10H,3-7H2,1-2H3. The van der Waals surface area contributed by atoms with Gasteiger partial charge in [0.25, 0.3) is 0 Å². The minimum atomic E-state index is -0.181. The average molecular weight is 183 g/mol. The minimum absolute atomic E-state index is 0.181. The highest BCUT2D eigenvalue weighted by Crippen LogP contribution is 2.31. The van der Waals surface area contributed by atoms with Gasteiger partial charge in [-0.1, -0.05) is 0 Å². The predicted octanol–water partition coefficient (Wildman–Crippen LogP) is -0.530. The number of hydrogen-bond donors (Lipinski definition) is 1. The largest absolute Gasteiger partial charge is 0.331 e. The Hall–Kier alpha value is -0.610. The second-order valence-electron chi connectivity index (χ2n) is 4.12. The zero-order valence-electron chi connectivity index (χ0n) is 8.34. The van der Waals surface area contributed by atoms with Crippen LogP contribution < -0.4 is 5.32 Å². The Kier molecular flexibility index (Phi) is 2.04. The molecular formula is C9H17N3O. The summed E-state index contributed by atoms with van der Waals surface area (Å²) in [7, 11) is 3.93. The normalized spacial score (nSPS) is 28.8. The second kappa shape index (κ2) is 2.96. The fourth-order valence-electron chi connectivity index (χ4n) is 2.47. The van der Waals surface area contributed by atoms with E-state index in [2.05, 4.69) is 10.2 Å². The molecule has 0 atom stereocenters. The lowest BCUT2D eigenvalue weighted by atomic mass is 9.87. The van der Waals surface area contributed by atoms with E-state index in [1.54, 1.807) is 0 Å². The van der Waals surface area contributed by atoms with E-state index in [4.69, 9.17) is 0 Å². The molecule has 2 aliphatic rings. The summed E-state index contributed by atoms with van der Waals surface area (Å²) in [5.74, 6) is 0.302. The van der Waals surface area contributed by atoms with Gasteiger partial charge in [-0.05, 0) is 33.0 Å².